The Bertz CT molecular complexity index is 2890. The smallest absolute Gasteiger partial charge is 0.195 e. The third-order valence-corrected chi connectivity index (χ3v) is 11.2. The average Bonchev–Trinajstić information content (AvgIpc) is 3.61. The first kappa shape index (κ1) is 33.9. The van der Waals surface area contributed by atoms with Crippen molar-refractivity contribution >= 4 is 5.69 Å². The van der Waals surface area contributed by atoms with Crippen LogP contribution in [-0.4, -0.2) is 9.97 Å². The number of hydrogen-bond donors (Lipinski definition) is 0. The minimum Gasteiger partial charge on any atom is -0.238 e. The third kappa shape index (κ3) is 5.75. The SMILES string of the molecule is [C-]#[N+]c1cccc2c1-c1ccc(-c3ccccc3-c3cc(-c4ccccc4)nc(-c4ccc(-c5ccccc5)cc4)n3)cc1C2(c1ccccc1)c1ccccc1. The molecule has 3 nitrogen and oxygen atoms in total. The van der Waals surface area contributed by atoms with E-state index in [0.717, 1.165) is 78.1 Å². The van der Waals surface area contributed by atoms with Gasteiger partial charge in [0.25, 0.3) is 0 Å². The molecule has 0 aliphatic heterocycles. The molecule has 1 aliphatic carbocycles. The molecule has 0 atom stereocenters. The zero-order valence-corrected chi connectivity index (χ0v) is 31.0. The summed E-state index contributed by atoms with van der Waals surface area (Å²) in [7, 11) is 0. The maximum atomic E-state index is 8.21. The van der Waals surface area contributed by atoms with E-state index in [1.54, 1.807) is 0 Å². The van der Waals surface area contributed by atoms with Gasteiger partial charge in [-0.2, -0.15) is 0 Å². The largest absolute Gasteiger partial charge is 0.238 e. The van der Waals surface area contributed by atoms with Gasteiger partial charge in [-0.1, -0.05) is 200 Å². The molecule has 0 spiro atoms. The van der Waals surface area contributed by atoms with Crippen LogP contribution in [0.3, 0.4) is 0 Å². The Morgan fingerprint density at radius 2 is 0.895 bits per heavy atom. The fourth-order valence-electron chi connectivity index (χ4n) is 8.65. The van der Waals surface area contributed by atoms with Crippen LogP contribution in [0.15, 0.2) is 212 Å². The van der Waals surface area contributed by atoms with Gasteiger partial charge in [0, 0.05) is 16.7 Å². The Kier molecular flexibility index (Phi) is 8.43. The van der Waals surface area contributed by atoms with Gasteiger partial charge >= 0.3 is 0 Å². The quantitative estimate of drug-likeness (QED) is 0.153. The molecule has 0 saturated heterocycles. The molecule has 0 bridgehead atoms. The lowest BCUT2D eigenvalue weighted by molar-refractivity contribution is 0.769. The van der Waals surface area contributed by atoms with E-state index in [-0.39, 0.29) is 0 Å². The molecule has 9 aromatic rings. The van der Waals surface area contributed by atoms with Crippen LogP contribution < -0.4 is 0 Å². The van der Waals surface area contributed by atoms with Crippen LogP contribution in [0.2, 0.25) is 0 Å². The Morgan fingerprint density at radius 1 is 0.368 bits per heavy atom. The molecule has 8 aromatic carbocycles. The third-order valence-electron chi connectivity index (χ3n) is 11.2. The molecule has 0 unspecified atom stereocenters. The van der Waals surface area contributed by atoms with E-state index in [0.29, 0.717) is 11.5 Å². The molecule has 1 aliphatic rings. The lowest BCUT2D eigenvalue weighted by Gasteiger charge is -2.34. The minimum absolute atomic E-state index is 0.632. The molecule has 266 valence electrons. The van der Waals surface area contributed by atoms with E-state index in [2.05, 4.69) is 181 Å². The van der Waals surface area contributed by atoms with E-state index >= 15 is 0 Å². The van der Waals surface area contributed by atoms with E-state index in [1.807, 2.05) is 36.4 Å². The molecule has 0 fully saturated rings. The van der Waals surface area contributed by atoms with Gasteiger partial charge in [0.15, 0.2) is 11.5 Å². The van der Waals surface area contributed by atoms with Crippen LogP contribution in [0.4, 0.5) is 5.69 Å². The molecule has 10 rings (SSSR count). The fourth-order valence-corrected chi connectivity index (χ4v) is 8.65. The van der Waals surface area contributed by atoms with Crippen molar-refractivity contribution in [1.82, 2.24) is 9.97 Å². The lowest BCUT2D eigenvalue weighted by Crippen LogP contribution is -2.28. The van der Waals surface area contributed by atoms with Gasteiger partial charge in [-0.05, 0) is 67.8 Å². The van der Waals surface area contributed by atoms with Crippen molar-refractivity contribution in [3.05, 3.63) is 246 Å². The number of benzene rings is 8. The number of fused-ring (bicyclic) bond motifs is 3. The molecular formula is C54H35N3. The molecular weight excluding hydrogens is 691 g/mol. The number of rotatable bonds is 7. The molecule has 0 amide bonds. The maximum absolute atomic E-state index is 8.21. The van der Waals surface area contributed by atoms with Crippen LogP contribution in [0.1, 0.15) is 22.3 Å². The topological polar surface area (TPSA) is 30.1 Å². The molecule has 1 heterocycles. The van der Waals surface area contributed by atoms with E-state index in [4.69, 9.17) is 16.5 Å². The number of nitrogens with zero attached hydrogens (tertiary/aromatic N) is 3. The molecule has 3 heteroatoms. The van der Waals surface area contributed by atoms with Gasteiger partial charge in [-0.25, -0.2) is 14.8 Å². The zero-order valence-electron chi connectivity index (χ0n) is 31.0. The van der Waals surface area contributed by atoms with Gasteiger partial charge in [-0.3, -0.25) is 0 Å². The molecule has 0 radical (unpaired) electrons. The Balaban J connectivity index is 1.17. The second-order valence-corrected chi connectivity index (χ2v) is 14.4. The Hall–Kier alpha value is -7.67. The van der Waals surface area contributed by atoms with Crippen molar-refractivity contribution in [2.75, 3.05) is 0 Å². The summed E-state index contributed by atoms with van der Waals surface area (Å²) in [6.45, 7) is 8.21. The lowest BCUT2D eigenvalue weighted by atomic mass is 9.67. The highest BCUT2D eigenvalue weighted by atomic mass is 14.9. The average molecular weight is 726 g/mol. The summed E-state index contributed by atoms with van der Waals surface area (Å²) in [6.07, 6.45) is 0. The van der Waals surface area contributed by atoms with Gasteiger partial charge in [-0.15, -0.1) is 0 Å². The van der Waals surface area contributed by atoms with Crippen LogP contribution in [-0.2, 0) is 5.41 Å². The van der Waals surface area contributed by atoms with Crippen molar-refractivity contribution in [2.45, 2.75) is 5.41 Å². The summed E-state index contributed by atoms with van der Waals surface area (Å²) in [5, 5.41) is 0. The zero-order chi connectivity index (χ0) is 38.2. The van der Waals surface area contributed by atoms with Crippen molar-refractivity contribution in [3.63, 3.8) is 0 Å². The van der Waals surface area contributed by atoms with Crippen molar-refractivity contribution in [1.29, 1.82) is 0 Å². The fraction of sp³-hybridized carbons (Fsp3) is 0.0185. The van der Waals surface area contributed by atoms with Crippen molar-refractivity contribution < 1.29 is 0 Å². The van der Waals surface area contributed by atoms with E-state index in [9.17, 15) is 0 Å². The molecule has 0 N–H and O–H groups in total. The number of hydrogen-bond acceptors (Lipinski definition) is 2. The van der Waals surface area contributed by atoms with Crippen molar-refractivity contribution in [3.8, 4) is 67.3 Å². The van der Waals surface area contributed by atoms with Gasteiger partial charge in [0.05, 0.1) is 23.4 Å². The summed E-state index contributed by atoms with van der Waals surface area (Å²) in [6, 6.07) is 74.3. The van der Waals surface area contributed by atoms with Crippen LogP contribution >= 0.6 is 0 Å². The van der Waals surface area contributed by atoms with Gasteiger partial charge in [0.2, 0.25) is 0 Å². The second-order valence-electron chi connectivity index (χ2n) is 14.4. The van der Waals surface area contributed by atoms with Gasteiger partial charge in [0.1, 0.15) is 0 Å². The van der Waals surface area contributed by atoms with E-state index in [1.165, 1.54) is 5.56 Å². The summed E-state index contributed by atoms with van der Waals surface area (Å²) in [5.74, 6) is 0.670. The van der Waals surface area contributed by atoms with E-state index < -0.39 is 5.41 Å². The monoisotopic (exact) mass is 725 g/mol. The summed E-state index contributed by atoms with van der Waals surface area (Å²) >= 11 is 0. The standard InChI is InChI=1S/C54H35N3/c1-55-49-28-16-27-47-52(49)46-34-33-41(35-48(46)54(47,42-21-10-4-11-22-42)43-23-12-5-13-24-43)44-25-14-15-26-45(44)51-36-50(39-19-8-3-9-20-39)56-53(57-51)40-31-29-38(30-32-40)37-17-6-2-7-18-37/h2-36H. The van der Waals surface area contributed by atoms with Crippen LogP contribution in [0, 0.1) is 6.57 Å². The minimum atomic E-state index is -0.632. The first-order valence-corrected chi connectivity index (χ1v) is 19.2. The van der Waals surface area contributed by atoms with Gasteiger partial charge < -0.3 is 0 Å². The first-order valence-electron chi connectivity index (χ1n) is 19.2. The summed E-state index contributed by atoms with van der Waals surface area (Å²) in [5.41, 5.74) is 15.9. The Morgan fingerprint density at radius 3 is 1.54 bits per heavy atom. The summed E-state index contributed by atoms with van der Waals surface area (Å²) in [4.78, 5) is 14.5. The highest BCUT2D eigenvalue weighted by molar-refractivity contribution is 5.96. The highest BCUT2D eigenvalue weighted by Gasteiger charge is 2.46. The molecule has 1 aromatic heterocycles. The highest BCUT2D eigenvalue weighted by Crippen LogP contribution is 2.59. The van der Waals surface area contributed by atoms with Crippen LogP contribution in [0.25, 0.3) is 72.1 Å². The predicted molar refractivity (Wildman–Crippen MR) is 233 cm³/mol. The Labute approximate surface area is 333 Å². The molecule has 0 saturated carbocycles. The normalized spacial score (nSPS) is 12.3. The molecule has 57 heavy (non-hydrogen) atoms. The second kappa shape index (κ2) is 14.2. The number of aromatic nitrogens is 2. The first-order chi connectivity index (χ1) is 28.2. The predicted octanol–water partition coefficient (Wildman–Crippen LogP) is 13.7. The maximum Gasteiger partial charge on any atom is 0.195 e. The van der Waals surface area contributed by atoms with Crippen molar-refractivity contribution in [2.24, 2.45) is 0 Å². The summed E-state index contributed by atoms with van der Waals surface area (Å²) < 4.78 is 0. The van der Waals surface area contributed by atoms with Crippen LogP contribution in [0.5, 0.6) is 0 Å².